The topological polar surface area (TPSA) is 230 Å². The van der Waals surface area contributed by atoms with Gasteiger partial charge in [-0.1, -0.05) is 117 Å². The molecule has 1 fully saturated rings. The second-order valence-electron chi connectivity index (χ2n) is 20.8. The van der Waals surface area contributed by atoms with Crippen LogP contribution in [0, 0.1) is 0 Å². The number of anilines is 2. The third-order valence-electron chi connectivity index (χ3n) is 15.0. The number of hydrogen-bond donors (Lipinski definition) is 5. The molecule has 0 bridgehead atoms. The van der Waals surface area contributed by atoms with Crippen LogP contribution in [0.5, 0.6) is 6.01 Å². The van der Waals surface area contributed by atoms with E-state index >= 15 is 4.79 Å². The molecule has 424 valence electrons. The Bertz CT molecular complexity index is 3480. The second kappa shape index (κ2) is 27.1. The summed E-state index contributed by atoms with van der Waals surface area (Å²) < 4.78 is 20.5. The van der Waals surface area contributed by atoms with E-state index < -0.39 is 6.04 Å². The number of aryl methyl sites for hydroxylation is 2. The Morgan fingerprint density at radius 1 is 0.744 bits per heavy atom. The number of aromatic amines is 1. The monoisotopic (exact) mass is 1110 g/mol. The number of nitrogen functional groups attached to an aromatic ring is 1. The van der Waals surface area contributed by atoms with Crippen molar-refractivity contribution in [3.8, 4) is 23.0 Å². The Hall–Kier alpha value is -8.87. The van der Waals surface area contributed by atoms with Gasteiger partial charge in [0, 0.05) is 42.3 Å². The summed E-state index contributed by atoms with van der Waals surface area (Å²) in [5.41, 5.74) is 15.2. The smallest absolute Gasteiger partial charge is 0.328 e. The summed E-state index contributed by atoms with van der Waals surface area (Å²) >= 11 is 0. The number of ether oxygens (including phenoxy) is 3. The highest BCUT2D eigenvalue weighted by Crippen LogP contribution is 2.36. The van der Waals surface area contributed by atoms with E-state index in [1.807, 2.05) is 115 Å². The van der Waals surface area contributed by atoms with Gasteiger partial charge in [-0.2, -0.15) is 9.97 Å². The third-order valence-corrected chi connectivity index (χ3v) is 15.0. The third kappa shape index (κ3) is 13.8. The normalized spacial score (nSPS) is 13.4. The lowest BCUT2D eigenvalue weighted by Gasteiger charge is -2.32. The van der Waals surface area contributed by atoms with Crippen LogP contribution < -0.4 is 37.0 Å². The molecule has 18 nitrogen and oxygen atoms in total. The van der Waals surface area contributed by atoms with Crippen molar-refractivity contribution in [2.75, 3.05) is 56.8 Å². The summed E-state index contributed by atoms with van der Waals surface area (Å²) in [7, 11) is 0. The quantitative estimate of drug-likeness (QED) is 0.0323. The van der Waals surface area contributed by atoms with Gasteiger partial charge in [0.05, 0.1) is 57.3 Å². The molecule has 1 saturated carbocycles. The average Bonchev–Trinajstić information content (AvgIpc) is 4.51. The van der Waals surface area contributed by atoms with Crippen molar-refractivity contribution in [1.82, 2.24) is 40.0 Å². The van der Waals surface area contributed by atoms with E-state index in [1.165, 1.54) is 15.7 Å². The van der Waals surface area contributed by atoms with E-state index in [1.54, 1.807) is 29.2 Å². The number of nitrogens with one attached hydrogen (secondary N) is 4. The van der Waals surface area contributed by atoms with Crippen molar-refractivity contribution in [3.05, 3.63) is 189 Å². The van der Waals surface area contributed by atoms with Gasteiger partial charge in [0.25, 0.3) is 11.8 Å². The maximum absolute atomic E-state index is 15.5. The van der Waals surface area contributed by atoms with Gasteiger partial charge in [-0.3, -0.25) is 28.6 Å². The number of aromatic nitrogens is 5. The summed E-state index contributed by atoms with van der Waals surface area (Å²) in [6.07, 6.45) is 10.5. The molecule has 2 aliphatic rings. The van der Waals surface area contributed by atoms with Crippen LogP contribution in [-0.2, 0) is 44.9 Å². The summed E-state index contributed by atoms with van der Waals surface area (Å²) in [4.78, 5) is 82.2. The minimum atomic E-state index is -1.01. The number of para-hydroxylation sites is 1. The number of amides is 4. The molecule has 4 amide bonds. The zero-order valence-electron chi connectivity index (χ0n) is 46.2. The average molecular weight is 1110 g/mol. The van der Waals surface area contributed by atoms with Gasteiger partial charge in [0.2, 0.25) is 11.8 Å². The lowest BCUT2D eigenvalue weighted by Crippen LogP contribution is -2.46. The molecule has 1 atom stereocenters. The molecule has 0 aliphatic heterocycles. The molecule has 18 heteroatoms. The zero-order valence-corrected chi connectivity index (χ0v) is 46.2. The van der Waals surface area contributed by atoms with E-state index in [-0.39, 0.29) is 79.9 Å². The van der Waals surface area contributed by atoms with E-state index in [0.717, 1.165) is 85.9 Å². The van der Waals surface area contributed by atoms with Crippen LogP contribution in [0.15, 0.2) is 144 Å². The molecule has 0 spiro atoms. The molecule has 5 aromatic carbocycles. The van der Waals surface area contributed by atoms with E-state index in [0.29, 0.717) is 59.9 Å². The number of imidazole rings is 1. The lowest BCUT2D eigenvalue weighted by atomic mass is 9.98. The number of unbranched alkanes of at least 4 members (excludes halogenated alkanes) is 1. The molecule has 3 heterocycles. The number of nitrogens with two attached hydrogens (primary N) is 1. The van der Waals surface area contributed by atoms with Crippen molar-refractivity contribution in [2.24, 2.45) is 0 Å². The lowest BCUT2D eigenvalue weighted by molar-refractivity contribution is -0.123. The van der Waals surface area contributed by atoms with E-state index in [9.17, 15) is 19.2 Å². The molecule has 8 aromatic rings. The number of nitrogens with zero attached hydrogens (tertiary/aromatic N) is 5. The SMILES string of the molecule is CCCCOc1nc(N)c2[nH]c(=O)n(Cc3ccc(C(=O)NCCOCCOCCNC(=O)Cc4ccc(C(C(=O)NC5CCCC5)N(C(=O)c5cc(-c6ccccc6)n(-c6ccccc6)c5)c5ccc6c(c5)CCC6)cc4)cc3)c2n1. The first-order valence-electron chi connectivity index (χ1n) is 28.5. The van der Waals surface area contributed by atoms with Crippen LogP contribution in [-0.4, -0.2) is 99.9 Å². The van der Waals surface area contributed by atoms with Gasteiger partial charge in [-0.15, -0.1) is 0 Å². The van der Waals surface area contributed by atoms with Crippen LogP contribution in [0.4, 0.5) is 11.5 Å². The fraction of sp³-hybridized carbons (Fsp3) is 0.328. The summed E-state index contributed by atoms with van der Waals surface area (Å²) in [5, 5.41) is 9.10. The van der Waals surface area contributed by atoms with Crippen molar-refractivity contribution in [3.63, 3.8) is 0 Å². The predicted octanol–water partition coefficient (Wildman–Crippen LogP) is 8.44. The van der Waals surface area contributed by atoms with Crippen molar-refractivity contribution in [1.29, 1.82) is 0 Å². The summed E-state index contributed by atoms with van der Waals surface area (Å²) in [6, 6.07) is 41.5. The molecular weight excluding hydrogens is 1040 g/mol. The van der Waals surface area contributed by atoms with Gasteiger partial charge in [-0.05, 0) is 114 Å². The van der Waals surface area contributed by atoms with Gasteiger partial charge in [0.15, 0.2) is 11.5 Å². The Morgan fingerprint density at radius 2 is 1.44 bits per heavy atom. The number of fused-ring (bicyclic) bond motifs is 2. The van der Waals surface area contributed by atoms with E-state index in [4.69, 9.17) is 19.9 Å². The summed E-state index contributed by atoms with van der Waals surface area (Å²) in [6.45, 7) is 4.40. The van der Waals surface area contributed by atoms with Crippen molar-refractivity contribution in [2.45, 2.75) is 89.8 Å². The fourth-order valence-corrected chi connectivity index (χ4v) is 10.7. The first-order chi connectivity index (χ1) is 40.1. The van der Waals surface area contributed by atoms with Crippen molar-refractivity contribution >= 4 is 46.3 Å². The van der Waals surface area contributed by atoms with Crippen LogP contribution in [0.25, 0.3) is 28.1 Å². The predicted molar refractivity (Wildman–Crippen MR) is 315 cm³/mol. The molecular formula is C64H70N10O8. The molecule has 10 rings (SSSR count). The number of rotatable bonds is 26. The van der Waals surface area contributed by atoms with E-state index in [2.05, 4.69) is 43.0 Å². The largest absolute Gasteiger partial charge is 0.463 e. The van der Waals surface area contributed by atoms with Crippen LogP contribution >= 0.6 is 0 Å². The highest BCUT2D eigenvalue weighted by atomic mass is 16.5. The fourth-order valence-electron chi connectivity index (χ4n) is 10.7. The standard InChI is InChI=1S/C64H70N10O8/c1-2-3-33-82-63-70-58(65)56-59(71-63)73(64(79)69-56)41-44-23-27-48(28-24-44)60(76)67-32-35-81-37-36-80-34-31-66-55(75)38-43-21-25-47(26-22-43)57(61(77)68-51-17-10-11-18-51)74(53-30-29-45-15-12-16-49(45)39-53)62(78)50-40-54(46-13-6-4-7-14-46)72(42-50)52-19-8-5-9-20-52/h4-9,13-14,19-30,39-40,42,51,57H,2-3,10-12,15-18,31-38,41H2,1H3,(H,66,75)(H,67,76)(H,68,77)(H,69,79)(H2,65,70,71). The highest BCUT2D eigenvalue weighted by Gasteiger charge is 2.36. The minimum Gasteiger partial charge on any atom is -0.463 e. The highest BCUT2D eigenvalue weighted by molar-refractivity contribution is 6.11. The van der Waals surface area contributed by atoms with Crippen LogP contribution in [0.2, 0.25) is 0 Å². The molecule has 2 aliphatic carbocycles. The van der Waals surface area contributed by atoms with Gasteiger partial charge in [0.1, 0.15) is 11.6 Å². The second-order valence-corrected chi connectivity index (χ2v) is 20.8. The molecule has 82 heavy (non-hydrogen) atoms. The van der Waals surface area contributed by atoms with Gasteiger partial charge >= 0.3 is 11.7 Å². The Balaban J connectivity index is 0.709. The maximum atomic E-state index is 15.5. The zero-order chi connectivity index (χ0) is 56.8. The number of H-pyrrole nitrogens is 1. The molecule has 6 N–H and O–H groups in total. The number of carbonyl (C=O) groups is 4. The minimum absolute atomic E-state index is 0.0116. The first-order valence-corrected chi connectivity index (χ1v) is 28.5. The number of carbonyl (C=O) groups excluding carboxylic acids is 4. The molecule has 0 radical (unpaired) electrons. The Morgan fingerprint density at radius 3 is 2.17 bits per heavy atom. The van der Waals surface area contributed by atoms with Gasteiger partial charge in [-0.25, -0.2) is 4.79 Å². The van der Waals surface area contributed by atoms with Gasteiger partial charge < -0.3 is 45.4 Å². The first kappa shape index (κ1) is 56.4. The van der Waals surface area contributed by atoms with Crippen LogP contribution in [0.1, 0.15) is 106 Å². The molecule has 3 aromatic heterocycles. The Labute approximate surface area is 476 Å². The molecule has 1 unspecified atom stereocenters. The maximum Gasteiger partial charge on any atom is 0.328 e. The van der Waals surface area contributed by atoms with Crippen LogP contribution in [0.3, 0.4) is 0 Å². The molecule has 0 saturated heterocycles. The van der Waals surface area contributed by atoms with Crippen molar-refractivity contribution < 1.29 is 33.4 Å². The number of benzene rings is 5. The summed E-state index contributed by atoms with van der Waals surface area (Å²) in [5.74, 6) is -0.882. The Kier molecular flexibility index (Phi) is 18.6. The number of hydrogen-bond acceptors (Lipinski definition) is 11.